The molecule has 3 aromatic rings. The first-order chi connectivity index (χ1) is 17.5. The summed E-state index contributed by atoms with van der Waals surface area (Å²) >= 11 is 0. The quantitative estimate of drug-likeness (QED) is 0.440. The Hall–Kier alpha value is -3.65. The first-order valence-electron chi connectivity index (χ1n) is 12.2. The van der Waals surface area contributed by atoms with E-state index in [4.69, 9.17) is 0 Å². The molecule has 37 heavy (non-hydrogen) atoms. The zero-order chi connectivity index (χ0) is 27.2. The standard InChI is InChI=1S/C29H35N3O4S/c1-21-11-9-16-25(17-21)19-31(26(29(34)30-4)18-24-14-7-6-8-15-24)27(33)20-32(37(5,35)36)28-22(2)12-10-13-23(28)3/h6-17,26H,18-20H2,1-5H3,(H,30,34)/t26-/m0/s1. The highest BCUT2D eigenvalue weighted by Crippen LogP contribution is 2.27. The number of nitrogens with zero attached hydrogens (tertiary/aromatic N) is 2. The van der Waals surface area contributed by atoms with Gasteiger partial charge < -0.3 is 10.2 Å². The number of carbonyl (C=O) groups excluding carboxylic acids is 2. The van der Waals surface area contributed by atoms with E-state index in [1.165, 1.54) is 11.9 Å². The largest absolute Gasteiger partial charge is 0.357 e. The first kappa shape index (κ1) is 27.9. The van der Waals surface area contributed by atoms with E-state index in [9.17, 15) is 18.0 Å². The summed E-state index contributed by atoms with van der Waals surface area (Å²) in [5.74, 6) is -0.776. The molecular weight excluding hydrogens is 486 g/mol. The van der Waals surface area contributed by atoms with Gasteiger partial charge in [0.2, 0.25) is 21.8 Å². The van der Waals surface area contributed by atoms with Gasteiger partial charge in [-0.05, 0) is 43.0 Å². The second-order valence-corrected chi connectivity index (χ2v) is 11.2. The molecule has 3 rings (SSSR count). The van der Waals surface area contributed by atoms with E-state index >= 15 is 0 Å². The van der Waals surface area contributed by atoms with Crippen LogP contribution in [0.2, 0.25) is 0 Å². The zero-order valence-electron chi connectivity index (χ0n) is 22.1. The van der Waals surface area contributed by atoms with Crippen molar-refractivity contribution >= 4 is 27.5 Å². The summed E-state index contributed by atoms with van der Waals surface area (Å²) in [7, 11) is -2.26. The minimum absolute atomic E-state index is 0.162. The van der Waals surface area contributed by atoms with Crippen molar-refractivity contribution in [2.75, 3.05) is 24.2 Å². The number of para-hydroxylation sites is 1. The van der Waals surface area contributed by atoms with E-state index in [-0.39, 0.29) is 12.5 Å². The Balaban J connectivity index is 2.07. The smallest absolute Gasteiger partial charge is 0.244 e. The summed E-state index contributed by atoms with van der Waals surface area (Å²) in [4.78, 5) is 28.6. The van der Waals surface area contributed by atoms with Gasteiger partial charge in [-0.25, -0.2) is 8.42 Å². The predicted molar refractivity (Wildman–Crippen MR) is 148 cm³/mol. The van der Waals surface area contributed by atoms with Crippen LogP contribution in [0.3, 0.4) is 0 Å². The highest BCUT2D eigenvalue weighted by molar-refractivity contribution is 7.92. The molecular formula is C29H35N3O4S. The Morgan fingerprint density at radius 3 is 2.03 bits per heavy atom. The van der Waals surface area contributed by atoms with Gasteiger partial charge in [0, 0.05) is 20.0 Å². The molecule has 0 aromatic heterocycles. The average Bonchev–Trinajstić information content (AvgIpc) is 2.85. The Labute approximate surface area is 220 Å². The number of sulfonamides is 1. The Bertz CT molecular complexity index is 1340. The molecule has 7 nitrogen and oxygen atoms in total. The SMILES string of the molecule is CNC(=O)[C@H](Cc1ccccc1)N(Cc1cccc(C)c1)C(=O)CN(c1c(C)cccc1C)S(C)(=O)=O. The van der Waals surface area contributed by atoms with Crippen LogP contribution < -0.4 is 9.62 Å². The maximum absolute atomic E-state index is 14.0. The first-order valence-corrected chi connectivity index (χ1v) is 14.0. The number of nitrogens with one attached hydrogen (secondary N) is 1. The average molecular weight is 522 g/mol. The summed E-state index contributed by atoms with van der Waals surface area (Å²) in [5.41, 5.74) is 4.75. The molecule has 1 N–H and O–H groups in total. The van der Waals surface area contributed by atoms with Crippen LogP contribution >= 0.6 is 0 Å². The third-order valence-corrected chi connectivity index (χ3v) is 7.43. The van der Waals surface area contributed by atoms with Crippen LogP contribution in [-0.2, 0) is 32.6 Å². The molecule has 0 spiro atoms. The number of hydrogen-bond acceptors (Lipinski definition) is 4. The molecule has 0 aliphatic carbocycles. The van der Waals surface area contributed by atoms with E-state index in [2.05, 4.69) is 5.32 Å². The minimum Gasteiger partial charge on any atom is -0.357 e. The van der Waals surface area contributed by atoms with E-state index < -0.39 is 28.5 Å². The van der Waals surface area contributed by atoms with E-state index in [0.29, 0.717) is 12.1 Å². The second kappa shape index (κ2) is 12.1. The molecule has 0 radical (unpaired) electrons. The number of likely N-dealkylation sites (N-methyl/N-ethyl adjacent to an activating group) is 1. The summed E-state index contributed by atoms with van der Waals surface area (Å²) < 4.78 is 27.0. The molecule has 0 heterocycles. The molecule has 1 atom stereocenters. The van der Waals surface area contributed by atoms with Gasteiger partial charge in [0.25, 0.3) is 0 Å². The molecule has 8 heteroatoms. The number of aryl methyl sites for hydroxylation is 3. The number of anilines is 1. The molecule has 0 saturated heterocycles. The molecule has 2 amide bonds. The summed E-state index contributed by atoms with van der Waals surface area (Å²) in [5, 5.41) is 2.69. The Kier molecular flexibility index (Phi) is 9.10. The fraction of sp³-hybridized carbons (Fsp3) is 0.310. The Morgan fingerprint density at radius 1 is 0.865 bits per heavy atom. The molecule has 0 fully saturated rings. The fourth-order valence-electron chi connectivity index (χ4n) is 4.50. The van der Waals surface area contributed by atoms with Crippen LogP contribution in [0.1, 0.15) is 27.8 Å². The van der Waals surface area contributed by atoms with Crippen LogP contribution in [0.25, 0.3) is 0 Å². The fourth-order valence-corrected chi connectivity index (χ4v) is 5.47. The van der Waals surface area contributed by atoms with Crippen molar-refractivity contribution in [2.24, 2.45) is 0 Å². The number of hydrogen-bond donors (Lipinski definition) is 1. The lowest BCUT2D eigenvalue weighted by molar-refractivity contribution is -0.139. The van der Waals surface area contributed by atoms with Gasteiger partial charge in [-0.3, -0.25) is 13.9 Å². The van der Waals surface area contributed by atoms with Gasteiger partial charge in [-0.1, -0.05) is 78.4 Å². The van der Waals surface area contributed by atoms with Crippen LogP contribution in [-0.4, -0.2) is 51.0 Å². The molecule has 0 saturated carbocycles. The third-order valence-electron chi connectivity index (χ3n) is 6.32. The topological polar surface area (TPSA) is 86.8 Å². The summed E-state index contributed by atoms with van der Waals surface area (Å²) in [6.45, 7) is 5.34. The highest BCUT2D eigenvalue weighted by atomic mass is 32.2. The lowest BCUT2D eigenvalue weighted by Crippen LogP contribution is -2.53. The van der Waals surface area contributed by atoms with Gasteiger partial charge >= 0.3 is 0 Å². The number of amides is 2. The van der Waals surface area contributed by atoms with Crippen LogP contribution in [0.4, 0.5) is 5.69 Å². The molecule has 3 aromatic carbocycles. The predicted octanol–water partition coefficient (Wildman–Crippen LogP) is 3.76. The maximum atomic E-state index is 14.0. The monoisotopic (exact) mass is 521 g/mol. The lowest BCUT2D eigenvalue weighted by atomic mass is 10.0. The summed E-state index contributed by atoms with van der Waals surface area (Å²) in [6.07, 6.45) is 1.39. The molecule has 0 bridgehead atoms. The van der Waals surface area contributed by atoms with Crippen LogP contribution in [0.5, 0.6) is 0 Å². The number of benzene rings is 3. The van der Waals surface area contributed by atoms with Crippen LogP contribution in [0, 0.1) is 20.8 Å². The van der Waals surface area contributed by atoms with Crippen molar-refractivity contribution in [1.82, 2.24) is 10.2 Å². The van der Waals surface area contributed by atoms with Crippen molar-refractivity contribution in [1.29, 1.82) is 0 Å². The van der Waals surface area contributed by atoms with Crippen molar-refractivity contribution < 1.29 is 18.0 Å². The van der Waals surface area contributed by atoms with Gasteiger partial charge in [0.1, 0.15) is 12.6 Å². The van der Waals surface area contributed by atoms with Gasteiger partial charge in [-0.2, -0.15) is 0 Å². The van der Waals surface area contributed by atoms with Crippen molar-refractivity contribution in [2.45, 2.75) is 39.8 Å². The van der Waals surface area contributed by atoms with Crippen LogP contribution in [0.15, 0.2) is 72.8 Å². The van der Waals surface area contributed by atoms with E-state index in [0.717, 1.165) is 38.4 Å². The third kappa shape index (κ3) is 7.20. The highest BCUT2D eigenvalue weighted by Gasteiger charge is 2.33. The summed E-state index contributed by atoms with van der Waals surface area (Å²) in [6, 6.07) is 21.8. The molecule has 0 unspecified atom stereocenters. The van der Waals surface area contributed by atoms with E-state index in [1.54, 1.807) is 0 Å². The number of carbonyl (C=O) groups is 2. The van der Waals surface area contributed by atoms with Crippen molar-refractivity contribution in [3.05, 3.63) is 101 Å². The normalized spacial score (nSPS) is 12.0. The Morgan fingerprint density at radius 2 is 1.46 bits per heavy atom. The van der Waals surface area contributed by atoms with Gasteiger partial charge in [0.05, 0.1) is 11.9 Å². The second-order valence-electron chi connectivity index (χ2n) is 9.34. The van der Waals surface area contributed by atoms with E-state index in [1.807, 2.05) is 93.6 Å². The molecule has 0 aliphatic rings. The minimum atomic E-state index is -3.80. The van der Waals surface area contributed by atoms with Gasteiger partial charge in [0.15, 0.2) is 0 Å². The van der Waals surface area contributed by atoms with Gasteiger partial charge in [-0.15, -0.1) is 0 Å². The maximum Gasteiger partial charge on any atom is 0.244 e. The lowest BCUT2D eigenvalue weighted by Gasteiger charge is -2.34. The zero-order valence-corrected chi connectivity index (χ0v) is 22.9. The molecule has 196 valence electrons. The number of rotatable bonds is 10. The van der Waals surface area contributed by atoms with Crippen molar-refractivity contribution in [3.8, 4) is 0 Å². The molecule has 0 aliphatic heterocycles. The van der Waals surface area contributed by atoms with Crippen molar-refractivity contribution in [3.63, 3.8) is 0 Å².